The molecule has 3 rings (SSSR count). The van der Waals surface area contributed by atoms with Gasteiger partial charge in [0.05, 0.1) is 10.6 Å². The molecule has 0 unspecified atom stereocenters. The van der Waals surface area contributed by atoms with Crippen molar-refractivity contribution in [1.82, 2.24) is 0 Å². The van der Waals surface area contributed by atoms with Crippen LogP contribution >= 0.6 is 0 Å². The molecule has 110 valence electrons. The maximum atomic E-state index is 12.1. The first-order chi connectivity index (χ1) is 10.0. The van der Waals surface area contributed by atoms with Gasteiger partial charge in [-0.05, 0) is 67.3 Å². The Morgan fingerprint density at radius 1 is 0.952 bits per heavy atom. The molecule has 0 aliphatic heterocycles. The Kier molecular flexibility index (Phi) is 3.59. The summed E-state index contributed by atoms with van der Waals surface area (Å²) in [5, 5.41) is 0. The maximum Gasteiger partial charge on any atom is 0.178 e. The van der Waals surface area contributed by atoms with E-state index in [4.69, 9.17) is 10.5 Å². The third kappa shape index (κ3) is 3.55. The summed E-state index contributed by atoms with van der Waals surface area (Å²) in [6, 6.07) is 13.6. The minimum Gasteiger partial charge on any atom is -0.457 e. The lowest BCUT2D eigenvalue weighted by atomic mass is 10.3. The summed E-state index contributed by atoms with van der Waals surface area (Å²) in [5.41, 5.74) is 6.28. The molecular weight excluding hydrogens is 286 g/mol. The maximum absolute atomic E-state index is 12.1. The molecule has 21 heavy (non-hydrogen) atoms. The van der Waals surface area contributed by atoms with E-state index >= 15 is 0 Å². The summed E-state index contributed by atoms with van der Waals surface area (Å²) in [5.74, 6) is 1.87. The molecule has 4 nitrogen and oxygen atoms in total. The molecule has 0 amide bonds. The number of nitrogen functional groups attached to an aromatic ring is 1. The summed E-state index contributed by atoms with van der Waals surface area (Å²) in [4.78, 5) is 0.360. The van der Waals surface area contributed by atoms with Gasteiger partial charge in [0.15, 0.2) is 9.84 Å². The van der Waals surface area contributed by atoms with Crippen LogP contribution in [0.3, 0.4) is 0 Å². The Morgan fingerprint density at radius 3 is 2.00 bits per heavy atom. The Morgan fingerprint density at radius 2 is 1.48 bits per heavy atom. The lowest BCUT2D eigenvalue weighted by Gasteiger charge is -2.07. The van der Waals surface area contributed by atoms with Gasteiger partial charge in [-0.3, -0.25) is 0 Å². The van der Waals surface area contributed by atoms with E-state index in [2.05, 4.69) is 0 Å². The molecule has 2 aromatic rings. The van der Waals surface area contributed by atoms with E-state index in [0.717, 1.165) is 12.8 Å². The highest BCUT2D eigenvalue weighted by atomic mass is 32.2. The number of anilines is 1. The van der Waals surface area contributed by atoms with E-state index in [9.17, 15) is 8.42 Å². The fourth-order valence-electron chi connectivity index (χ4n) is 2.08. The molecule has 0 bridgehead atoms. The quantitative estimate of drug-likeness (QED) is 0.861. The van der Waals surface area contributed by atoms with E-state index in [-0.39, 0.29) is 5.75 Å². The van der Waals surface area contributed by atoms with Crippen LogP contribution in [0.25, 0.3) is 0 Å². The normalized spacial score (nSPS) is 14.9. The summed E-state index contributed by atoms with van der Waals surface area (Å²) in [6.45, 7) is 0. The SMILES string of the molecule is Nc1ccc(Oc2ccc(S(=O)(=O)CC3CC3)cc2)cc1. The highest BCUT2D eigenvalue weighted by Crippen LogP contribution is 2.32. The molecule has 1 aliphatic rings. The Balaban J connectivity index is 1.72. The first-order valence-corrected chi connectivity index (χ1v) is 8.54. The number of benzene rings is 2. The molecule has 2 aromatic carbocycles. The summed E-state index contributed by atoms with van der Waals surface area (Å²) in [6.07, 6.45) is 2.05. The summed E-state index contributed by atoms with van der Waals surface area (Å²) >= 11 is 0. The zero-order valence-electron chi connectivity index (χ0n) is 11.5. The highest BCUT2D eigenvalue weighted by Gasteiger charge is 2.28. The number of hydrogen-bond acceptors (Lipinski definition) is 4. The van der Waals surface area contributed by atoms with Gasteiger partial charge in [-0.25, -0.2) is 8.42 Å². The van der Waals surface area contributed by atoms with Crippen molar-refractivity contribution in [1.29, 1.82) is 0 Å². The number of rotatable bonds is 5. The molecule has 0 saturated heterocycles. The van der Waals surface area contributed by atoms with Crippen molar-refractivity contribution in [2.45, 2.75) is 17.7 Å². The second kappa shape index (κ2) is 5.41. The van der Waals surface area contributed by atoms with Crippen molar-refractivity contribution in [3.05, 3.63) is 48.5 Å². The second-order valence-electron chi connectivity index (χ2n) is 5.37. The summed E-state index contributed by atoms with van der Waals surface area (Å²) < 4.78 is 29.9. The largest absolute Gasteiger partial charge is 0.457 e. The van der Waals surface area contributed by atoms with Crippen molar-refractivity contribution >= 4 is 15.5 Å². The Hall–Kier alpha value is -2.01. The van der Waals surface area contributed by atoms with E-state index in [1.807, 2.05) is 0 Å². The van der Waals surface area contributed by atoms with Gasteiger partial charge in [0.2, 0.25) is 0 Å². The predicted molar refractivity (Wildman–Crippen MR) is 82.1 cm³/mol. The van der Waals surface area contributed by atoms with Gasteiger partial charge < -0.3 is 10.5 Å². The van der Waals surface area contributed by atoms with E-state index in [0.29, 0.717) is 28.0 Å². The predicted octanol–water partition coefficient (Wildman–Crippen LogP) is 3.24. The van der Waals surface area contributed by atoms with Crippen LogP contribution in [0.2, 0.25) is 0 Å². The number of ether oxygens (including phenoxy) is 1. The molecule has 1 saturated carbocycles. The van der Waals surface area contributed by atoms with Gasteiger partial charge in [-0.2, -0.15) is 0 Å². The number of hydrogen-bond donors (Lipinski definition) is 1. The molecule has 2 N–H and O–H groups in total. The lowest BCUT2D eigenvalue weighted by Crippen LogP contribution is -2.08. The van der Waals surface area contributed by atoms with Crippen LogP contribution in [0, 0.1) is 5.92 Å². The molecule has 0 heterocycles. The first-order valence-electron chi connectivity index (χ1n) is 6.89. The average molecular weight is 303 g/mol. The molecule has 0 radical (unpaired) electrons. The fraction of sp³-hybridized carbons (Fsp3) is 0.250. The molecule has 1 fully saturated rings. The summed E-state index contributed by atoms with van der Waals surface area (Å²) in [7, 11) is -3.16. The van der Waals surface area contributed by atoms with E-state index < -0.39 is 9.84 Å². The van der Waals surface area contributed by atoms with Crippen molar-refractivity contribution in [2.24, 2.45) is 5.92 Å². The van der Waals surface area contributed by atoms with Gasteiger partial charge in [0, 0.05) is 5.69 Å². The van der Waals surface area contributed by atoms with E-state index in [1.54, 1.807) is 48.5 Å². The van der Waals surface area contributed by atoms with Gasteiger partial charge >= 0.3 is 0 Å². The monoisotopic (exact) mass is 303 g/mol. The van der Waals surface area contributed by atoms with Gasteiger partial charge in [0.1, 0.15) is 11.5 Å². The van der Waals surface area contributed by atoms with Crippen LogP contribution in [0.4, 0.5) is 5.69 Å². The van der Waals surface area contributed by atoms with Crippen LogP contribution in [-0.2, 0) is 9.84 Å². The Bertz CT molecular complexity index is 717. The van der Waals surface area contributed by atoms with Gasteiger partial charge in [-0.1, -0.05) is 0 Å². The zero-order valence-corrected chi connectivity index (χ0v) is 12.3. The molecule has 0 spiro atoms. The minimum atomic E-state index is -3.16. The zero-order chi connectivity index (χ0) is 14.9. The number of sulfone groups is 1. The van der Waals surface area contributed by atoms with Crippen molar-refractivity contribution < 1.29 is 13.2 Å². The van der Waals surface area contributed by atoms with E-state index in [1.165, 1.54) is 0 Å². The smallest absolute Gasteiger partial charge is 0.178 e. The fourth-order valence-corrected chi connectivity index (χ4v) is 3.78. The molecule has 0 aromatic heterocycles. The molecule has 5 heteroatoms. The van der Waals surface area contributed by atoms with Crippen LogP contribution in [0.5, 0.6) is 11.5 Å². The topological polar surface area (TPSA) is 69.4 Å². The third-order valence-electron chi connectivity index (χ3n) is 3.45. The second-order valence-corrected chi connectivity index (χ2v) is 7.40. The molecule has 1 aliphatic carbocycles. The third-order valence-corrected chi connectivity index (χ3v) is 5.35. The number of nitrogens with two attached hydrogens (primary N) is 1. The van der Waals surface area contributed by atoms with Crippen LogP contribution in [0.15, 0.2) is 53.4 Å². The molecule has 0 atom stereocenters. The van der Waals surface area contributed by atoms with Crippen molar-refractivity contribution in [3.8, 4) is 11.5 Å². The van der Waals surface area contributed by atoms with Crippen LogP contribution in [-0.4, -0.2) is 14.2 Å². The first kappa shape index (κ1) is 13.9. The van der Waals surface area contributed by atoms with Crippen LogP contribution < -0.4 is 10.5 Å². The average Bonchev–Trinajstić information content (AvgIpc) is 3.25. The van der Waals surface area contributed by atoms with Gasteiger partial charge in [-0.15, -0.1) is 0 Å². The van der Waals surface area contributed by atoms with Crippen molar-refractivity contribution in [2.75, 3.05) is 11.5 Å². The molecular formula is C16H17NO3S. The van der Waals surface area contributed by atoms with Crippen LogP contribution in [0.1, 0.15) is 12.8 Å². The highest BCUT2D eigenvalue weighted by molar-refractivity contribution is 7.91. The minimum absolute atomic E-state index is 0.255. The van der Waals surface area contributed by atoms with Gasteiger partial charge in [0.25, 0.3) is 0 Å². The standard InChI is InChI=1S/C16H17NO3S/c17-13-3-5-14(6-4-13)20-15-7-9-16(10-8-15)21(18,19)11-12-1-2-12/h3-10,12H,1-2,11,17H2. The van der Waals surface area contributed by atoms with Crippen molar-refractivity contribution in [3.63, 3.8) is 0 Å². The lowest BCUT2D eigenvalue weighted by molar-refractivity contribution is 0.482. The Labute approximate surface area is 124 Å².